The number of methoxy groups -OCH3 is 3. The predicted octanol–water partition coefficient (Wildman–Crippen LogP) is 5.69. The molecule has 9 heteroatoms. The standard InChI is InChI=1S/C30H32N4O4S/c1-32-15-13-22-23-17-34(30(35)31-24-16-21(37-3)11-12-26(24)38-4)28(19-7-9-20(36-2)10-8-19)25-6-5-14-33(25)29(23)39-27(22)18-32/h5-12,14,16,28H,13,15,17-18H2,1-4H3,(H,31,35). The number of rotatable bonds is 5. The summed E-state index contributed by atoms with van der Waals surface area (Å²) in [6.45, 7) is 2.42. The van der Waals surface area contributed by atoms with E-state index in [0.29, 0.717) is 23.7 Å². The van der Waals surface area contributed by atoms with E-state index in [4.69, 9.17) is 14.2 Å². The van der Waals surface area contributed by atoms with Crippen LogP contribution in [0.25, 0.3) is 5.00 Å². The number of carbonyl (C=O) groups is 1. The van der Waals surface area contributed by atoms with Crippen LogP contribution in [0.2, 0.25) is 0 Å². The molecule has 1 atom stereocenters. The van der Waals surface area contributed by atoms with E-state index in [1.807, 2.05) is 46.6 Å². The van der Waals surface area contributed by atoms with Crippen LogP contribution in [-0.2, 0) is 19.5 Å². The highest BCUT2D eigenvalue weighted by Crippen LogP contribution is 2.44. The number of aromatic nitrogens is 1. The third kappa shape index (κ3) is 4.51. The van der Waals surface area contributed by atoms with Crippen molar-refractivity contribution in [2.24, 2.45) is 0 Å². The first kappa shape index (κ1) is 25.3. The Morgan fingerprint density at radius 3 is 2.46 bits per heavy atom. The van der Waals surface area contributed by atoms with Crippen LogP contribution in [-0.4, -0.2) is 55.3 Å². The Labute approximate surface area is 232 Å². The van der Waals surface area contributed by atoms with Crippen LogP contribution in [0.5, 0.6) is 17.2 Å². The van der Waals surface area contributed by atoms with Gasteiger partial charge in [-0.3, -0.25) is 0 Å². The number of urea groups is 1. The summed E-state index contributed by atoms with van der Waals surface area (Å²) in [6.07, 6.45) is 3.09. The van der Waals surface area contributed by atoms with E-state index in [1.165, 1.54) is 21.0 Å². The minimum absolute atomic E-state index is 0.212. The molecule has 0 spiro atoms. The summed E-state index contributed by atoms with van der Waals surface area (Å²) < 4.78 is 18.7. The Morgan fingerprint density at radius 2 is 1.72 bits per heavy atom. The third-order valence-corrected chi connectivity index (χ3v) is 8.85. The first-order valence-corrected chi connectivity index (χ1v) is 13.8. The third-order valence-electron chi connectivity index (χ3n) is 7.60. The number of anilines is 1. The molecule has 0 radical (unpaired) electrons. The maximum absolute atomic E-state index is 14.3. The Bertz CT molecular complexity index is 1510. The topological polar surface area (TPSA) is 68.2 Å². The van der Waals surface area contributed by atoms with Gasteiger partial charge < -0.3 is 33.9 Å². The van der Waals surface area contributed by atoms with Gasteiger partial charge >= 0.3 is 6.03 Å². The lowest BCUT2D eigenvalue weighted by Gasteiger charge is -2.32. The minimum atomic E-state index is -0.316. The van der Waals surface area contributed by atoms with Crippen LogP contribution in [0.1, 0.15) is 33.3 Å². The SMILES string of the molecule is COc1ccc(C2c3cccn3-c3sc4c(c3CN2C(=O)Nc2cc(OC)ccc2OC)CCN(C)C4)cc1. The van der Waals surface area contributed by atoms with Gasteiger partial charge in [0.15, 0.2) is 0 Å². The molecule has 6 rings (SSSR count). The largest absolute Gasteiger partial charge is 0.497 e. The van der Waals surface area contributed by atoms with E-state index in [2.05, 4.69) is 40.2 Å². The van der Waals surface area contributed by atoms with Crippen LogP contribution < -0.4 is 19.5 Å². The van der Waals surface area contributed by atoms with Gasteiger partial charge in [0, 0.05) is 35.8 Å². The van der Waals surface area contributed by atoms with Gasteiger partial charge in [-0.15, -0.1) is 11.3 Å². The molecule has 202 valence electrons. The van der Waals surface area contributed by atoms with Gasteiger partial charge in [0.1, 0.15) is 22.2 Å². The number of nitrogens with zero attached hydrogens (tertiary/aromatic N) is 3. The second kappa shape index (κ2) is 10.3. The van der Waals surface area contributed by atoms with E-state index < -0.39 is 0 Å². The lowest BCUT2D eigenvalue weighted by molar-refractivity contribution is 0.194. The summed E-state index contributed by atoms with van der Waals surface area (Å²) in [6, 6.07) is 17.0. The number of hydrogen-bond acceptors (Lipinski definition) is 6. The maximum Gasteiger partial charge on any atom is 0.323 e. The summed E-state index contributed by atoms with van der Waals surface area (Å²) in [5, 5.41) is 4.33. The molecule has 8 nitrogen and oxygen atoms in total. The van der Waals surface area contributed by atoms with E-state index in [-0.39, 0.29) is 12.1 Å². The number of fused-ring (bicyclic) bond motifs is 5. The summed E-state index contributed by atoms with van der Waals surface area (Å²) in [7, 11) is 7.02. The van der Waals surface area contributed by atoms with Gasteiger partial charge in [0.2, 0.25) is 0 Å². The van der Waals surface area contributed by atoms with Crippen molar-refractivity contribution in [1.29, 1.82) is 0 Å². The monoisotopic (exact) mass is 544 g/mol. The number of benzene rings is 2. The molecule has 0 saturated heterocycles. The van der Waals surface area contributed by atoms with Crippen molar-refractivity contribution < 1.29 is 19.0 Å². The van der Waals surface area contributed by atoms with Crippen LogP contribution in [0.15, 0.2) is 60.8 Å². The Kier molecular flexibility index (Phi) is 6.70. The highest BCUT2D eigenvalue weighted by Gasteiger charge is 2.36. The molecule has 0 fully saturated rings. The van der Waals surface area contributed by atoms with Crippen molar-refractivity contribution in [1.82, 2.24) is 14.4 Å². The molecule has 2 aliphatic rings. The van der Waals surface area contributed by atoms with Crippen LogP contribution in [0, 0.1) is 0 Å². The summed E-state index contributed by atoms with van der Waals surface area (Å²) >= 11 is 1.84. The molecule has 2 aliphatic heterocycles. The lowest BCUT2D eigenvalue weighted by Crippen LogP contribution is -2.38. The summed E-state index contributed by atoms with van der Waals surface area (Å²) in [4.78, 5) is 19.9. The predicted molar refractivity (Wildman–Crippen MR) is 153 cm³/mol. The number of hydrogen-bond donors (Lipinski definition) is 1. The number of ether oxygens (including phenoxy) is 3. The minimum Gasteiger partial charge on any atom is -0.497 e. The molecule has 1 N–H and O–H groups in total. The normalized spacial score (nSPS) is 16.5. The number of nitrogens with one attached hydrogen (secondary N) is 1. The molecule has 4 heterocycles. The van der Waals surface area contributed by atoms with Gasteiger partial charge in [-0.2, -0.15) is 0 Å². The molecule has 1 unspecified atom stereocenters. The Balaban J connectivity index is 1.48. The number of likely N-dealkylation sites (N-methyl/N-ethyl adjacent to an activating group) is 1. The Morgan fingerprint density at radius 1 is 0.949 bits per heavy atom. The van der Waals surface area contributed by atoms with Crippen molar-refractivity contribution >= 4 is 23.1 Å². The molecular formula is C30H32N4O4S. The van der Waals surface area contributed by atoms with E-state index in [9.17, 15) is 4.79 Å². The fraction of sp³-hybridized carbons (Fsp3) is 0.300. The van der Waals surface area contributed by atoms with Crippen LogP contribution >= 0.6 is 11.3 Å². The first-order chi connectivity index (χ1) is 19.0. The smallest absolute Gasteiger partial charge is 0.323 e. The molecule has 2 aromatic carbocycles. The average molecular weight is 545 g/mol. The van der Waals surface area contributed by atoms with Crippen LogP contribution in [0.3, 0.4) is 0 Å². The van der Waals surface area contributed by atoms with Crippen molar-refractivity contribution in [3.05, 3.63) is 88.1 Å². The first-order valence-electron chi connectivity index (χ1n) is 12.9. The van der Waals surface area contributed by atoms with E-state index >= 15 is 0 Å². The van der Waals surface area contributed by atoms with Crippen molar-refractivity contribution in [3.8, 4) is 22.2 Å². The highest BCUT2D eigenvalue weighted by atomic mass is 32.1. The quantitative estimate of drug-likeness (QED) is 0.350. The zero-order chi connectivity index (χ0) is 27.1. The second-order valence-electron chi connectivity index (χ2n) is 9.88. The van der Waals surface area contributed by atoms with Gasteiger partial charge in [0.05, 0.1) is 45.3 Å². The fourth-order valence-corrected chi connectivity index (χ4v) is 7.03. The van der Waals surface area contributed by atoms with Gasteiger partial charge in [-0.1, -0.05) is 12.1 Å². The Hall–Kier alpha value is -3.95. The molecule has 0 saturated carbocycles. The molecule has 2 aromatic heterocycles. The van der Waals surface area contributed by atoms with Gasteiger partial charge in [-0.25, -0.2) is 4.79 Å². The van der Waals surface area contributed by atoms with Gasteiger partial charge in [0.25, 0.3) is 0 Å². The van der Waals surface area contributed by atoms with Gasteiger partial charge in [-0.05, 0) is 61.0 Å². The molecule has 0 bridgehead atoms. The number of carbonyl (C=O) groups excluding carboxylic acids is 1. The average Bonchev–Trinajstić information content (AvgIpc) is 3.54. The molecule has 4 aromatic rings. The fourth-order valence-electron chi connectivity index (χ4n) is 5.59. The molecular weight excluding hydrogens is 512 g/mol. The molecule has 39 heavy (non-hydrogen) atoms. The zero-order valence-electron chi connectivity index (χ0n) is 22.6. The second-order valence-corrected chi connectivity index (χ2v) is 11.0. The van der Waals surface area contributed by atoms with Crippen molar-refractivity contribution in [2.45, 2.75) is 25.6 Å². The molecule has 2 amide bonds. The highest BCUT2D eigenvalue weighted by molar-refractivity contribution is 7.15. The summed E-state index contributed by atoms with van der Waals surface area (Å²) in [5.74, 6) is 1.98. The van der Waals surface area contributed by atoms with E-state index in [1.54, 1.807) is 33.5 Å². The van der Waals surface area contributed by atoms with E-state index in [0.717, 1.165) is 36.5 Å². The molecule has 0 aliphatic carbocycles. The van der Waals surface area contributed by atoms with Crippen molar-refractivity contribution in [3.63, 3.8) is 0 Å². The maximum atomic E-state index is 14.3. The van der Waals surface area contributed by atoms with Crippen molar-refractivity contribution in [2.75, 3.05) is 40.2 Å². The lowest BCUT2D eigenvalue weighted by atomic mass is 10.00. The number of thiophene rings is 1. The zero-order valence-corrected chi connectivity index (χ0v) is 23.4. The number of amides is 2. The van der Waals surface area contributed by atoms with Crippen LogP contribution in [0.4, 0.5) is 10.5 Å². The summed E-state index contributed by atoms with van der Waals surface area (Å²) in [5.41, 5.74) is 5.21.